The van der Waals surface area contributed by atoms with E-state index in [0.29, 0.717) is 6.04 Å². The molecule has 18 heavy (non-hydrogen) atoms. The highest BCUT2D eigenvalue weighted by molar-refractivity contribution is 5.16. The van der Waals surface area contributed by atoms with E-state index in [4.69, 9.17) is 5.73 Å². The van der Waals surface area contributed by atoms with Gasteiger partial charge in [-0.15, -0.1) is 0 Å². The monoisotopic (exact) mass is 247 g/mol. The third-order valence-corrected chi connectivity index (χ3v) is 7.18. The molecule has 0 aromatic rings. The number of nitrogens with two attached hydrogens (primary N) is 1. The molecule has 7 unspecified atom stereocenters. The fraction of sp³-hybridized carbons (Fsp3) is 1.00. The molecule has 1 heteroatoms. The van der Waals surface area contributed by atoms with Gasteiger partial charge in [0, 0.05) is 6.04 Å². The number of rotatable bonds is 3. The highest BCUT2D eigenvalue weighted by Crippen LogP contribution is 2.70. The van der Waals surface area contributed by atoms with Gasteiger partial charge in [0.15, 0.2) is 0 Å². The third-order valence-electron chi connectivity index (χ3n) is 7.18. The van der Waals surface area contributed by atoms with Gasteiger partial charge in [0.05, 0.1) is 0 Å². The Hall–Kier alpha value is -0.0400. The van der Waals surface area contributed by atoms with E-state index in [0.717, 1.165) is 41.4 Å². The molecule has 7 atom stereocenters. The smallest absolute Gasteiger partial charge is 0.0101 e. The summed E-state index contributed by atoms with van der Waals surface area (Å²) in [5.41, 5.74) is 6.71. The van der Waals surface area contributed by atoms with Crippen LogP contribution in [0.25, 0.3) is 0 Å². The van der Waals surface area contributed by atoms with Crippen molar-refractivity contribution in [3.8, 4) is 0 Å². The van der Waals surface area contributed by atoms with Crippen LogP contribution in [0.3, 0.4) is 0 Å². The summed E-state index contributed by atoms with van der Waals surface area (Å²) < 4.78 is 0. The van der Waals surface area contributed by atoms with Gasteiger partial charge in [0.2, 0.25) is 0 Å². The molecule has 0 aliphatic heterocycles. The molecule has 102 valence electrons. The van der Waals surface area contributed by atoms with Gasteiger partial charge in [-0.3, -0.25) is 0 Å². The summed E-state index contributed by atoms with van der Waals surface area (Å²) in [7, 11) is 0. The maximum Gasteiger partial charge on any atom is 0.0101 e. The molecule has 0 heterocycles. The lowest BCUT2D eigenvalue weighted by Gasteiger charge is -2.33. The zero-order valence-corrected chi connectivity index (χ0v) is 11.9. The normalized spacial score (nSPS) is 55.3. The van der Waals surface area contributed by atoms with Crippen molar-refractivity contribution >= 4 is 0 Å². The maximum atomic E-state index is 6.71. The van der Waals surface area contributed by atoms with Gasteiger partial charge in [-0.25, -0.2) is 0 Å². The second kappa shape index (κ2) is 4.23. The third kappa shape index (κ3) is 1.62. The summed E-state index contributed by atoms with van der Waals surface area (Å²) in [5.74, 6) is 7.19. The van der Waals surface area contributed by atoms with E-state index < -0.39 is 0 Å². The summed E-state index contributed by atoms with van der Waals surface area (Å²) >= 11 is 0. The molecule has 4 fully saturated rings. The molecule has 1 nitrogen and oxygen atoms in total. The van der Waals surface area contributed by atoms with Gasteiger partial charge in [-0.1, -0.05) is 26.2 Å². The van der Waals surface area contributed by atoms with Crippen molar-refractivity contribution in [3.05, 3.63) is 0 Å². The van der Waals surface area contributed by atoms with E-state index in [1.165, 1.54) is 44.9 Å². The average Bonchev–Trinajstić information content (AvgIpc) is 2.85. The van der Waals surface area contributed by atoms with Crippen LogP contribution in [0.15, 0.2) is 0 Å². The highest BCUT2D eigenvalue weighted by Gasteiger charge is 2.66. The molecule has 0 saturated heterocycles. The molecular weight excluding hydrogens is 218 g/mol. The van der Waals surface area contributed by atoms with Crippen molar-refractivity contribution in [2.24, 2.45) is 47.2 Å². The van der Waals surface area contributed by atoms with Crippen molar-refractivity contribution in [1.29, 1.82) is 0 Å². The molecule has 4 rings (SSSR count). The number of hydrogen-bond donors (Lipinski definition) is 1. The number of fused-ring (bicyclic) bond motifs is 5. The molecule has 4 aliphatic rings. The van der Waals surface area contributed by atoms with Gasteiger partial charge in [-0.2, -0.15) is 0 Å². The lowest BCUT2D eigenvalue weighted by molar-refractivity contribution is 0.204. The van der Waals surface area contributed by atoms with Crippen molar-refractivity contribution in [2.75, 3.05) is 0 Å². The van der Waals surface area contributed by atoms with Crippen molar-refractivity contribution in [2.45, 2.75) is 64.3 Å². The Balaban J connectivity index is 1.41. The first-order valence-corrected chi connectivity index (χ1v) is 8.55. The van der Waals surface area contributed by atoms with Crippen LogP contribution >= 0.6 is 0 Å². The van der Waals surface area contributed by atoms with E-state index in [2.05, 4.69) is 6.92 Å². The molecular formula is C17H29N. The van der Waals surface area contributed by atoms with E-state index in [-0.39, 0.29) is 0 Å². The van der Waals surface area contributed by atoms with Gasteiger partial charge in [0.25, 0.3) is 0 Å². The van der Waals surface area contributed by atoms with Crippen LogP contribution in [0, 0.1) is 41.4 Å². The largest absolute Gasteiger partial charge is 0.327 e. The quantitative estimate of drug-likeness (QED) is 0.806. The predicted molar refractivity (Wildman–Crippen MR) is 75.0 cm³/mol. The molecule has 0 spiro atoms. The van der Waals surface area contributed by atoms with Crippen LogP contribution in [-0.4, -0.2) is 6.04 Å². The first-order valence-electron chi connectivity index (χ1n) is 8.55. The molecule has 0 aromatic heterocycles. The summed E-state index contributed by atoms with van der Waals surface area (Å²) in [6, 6.07) is 0.567. The molecule has 4 saturated carbocycles. The lowest BCUT2D eigenvalue weighted by Crippen LogP contribution is -2.37. The van der Waals surface area contributed by atoms with Gasteiger partial charge >= 0.3 is 0 Å². The number of hydrogen-bond acceptors (Lipinski definition) is 1. The Labute approximate surface area is 112 Å². The Bertz CT molecular complexity index is 310. The Kier molecular flexibility index (Phi) is 2.76. The Morgan fingerprint density at radius 3 is 2.39 bits per heavy atom. The minimum atomic E-state index is 0.567. The first-order chi connectivity index (χ1) is 8.79. The van der Waals surface area contributed by atoms with Gasteiger partial charge < -0.3 is 5.73 Å². The minimum Gasteiger partial charge on any atom is -0.327 e. The maximum absolute atomic E-state index is 6.71. The van der Waals surface area contributed by atoms with Crippen molar-refractivity contribution in [1.82, 2.24) is 0 Å². The first kappa shape index (κ1) is 11.8. The summed E-state index contributed by atoms with van der Waals surface area (Å²) in [5, 5.41) is 0. The van der Waals surface area contributed by atoms with E-state index in [1.807, 2.05) is 0 Å². The molecule has 4 aliphatic carbocycles. The van der Waals surface area contributed by atoms with Gasteiger partial charge in [0.1, 0.15) is 0 Å². The standard InChI is InChI=1S/C17H29N/c1-2-10-4-3-5-13(8-10)17(18)16-14-11-6-7-12(9-11)15(14)16/h10-17H,2-9,18H2,1H3. The highest BCUT2D eigenvalue weighted by atomic mass is 14.8. The fourth-order valence-electron chi connectivity index (χ4n) is 6.27. The molecule has 2 bridgehead atoms. The van der Waals surface area contributed by atoms with E-state index in [9.17, 15) is 0 Å². The van der Waals surface area contributed by atoms with E-state index in [1.54, 1.807) is 6.42 Å². The van der Waals surface area contributed by atoms with Crippen LogP contribution in [0.2, 0.25) is 0 Å². The molecule has 0 radical (unpaired) electrons. The van der Waals surface area contributed by atoms with Crippen LogP contribution in [-0.2, 0) is 0 Å². The fourth-order valence-corrected chi connectivity index (χ4v) is 6.27. The summed E-state index contributed by atoms with van der Waals surface area (Å²) in [4.78, 5) is 0. The van der Waals surface area contributed by atoms with Crippen molar-refractivity contribution in [3.63, 3.8) is 0 Å². The van der Waals surface area contributed by atoms with Crippen LogP contribution in [0.1, 0.15) is 58.3 Å². The summed E-state index contributed by atoms with van der Waals surface area (Å²) in [6.07, 6.45) is 11.8. The second-order valence-electron chi connectivity index (χ2n) is 7.84. The molecule has 2 N–H and O–H groups in total. The second-order valence-corrected chi connectivity index (χ2v) is 7.84. The van der Waals surface area contributed by atoms with Crippen LogP contribution in [0.5, 0.6) is 0 Å². The Morgan fingerprint density at radius 1 is 1.00 bits per heavy atom. The van der Waals surface area contributed by atoms with Crippen molar-refractivity contribution < 1.29 is 0 Å². The lowest BCUT2D eigenvalue weighted by atomic mass is 9.75. The molecule has 0 aromatic carbocycles. The topological polar surface area (TPSA) is 26.0 Å². The SMILES string of the molecule is CCC1CCCC(C(N)C2C3C4CCC(C4)C32)C1. The average molecular weight is 247 g/mol. The van der Waals surface area contributed by atoms with Gasteiger partial charge in [-0.05, 0) is 73.5 Å². The zero-order valence-electron chi connectivity index (χ0n) is 11.9. The molecule has 0 amide bonds. The zero-order chi connectivity index (χ0) is 12.3. The van der Waals surface area contributed by atoms with Crippen LogP contribution in [0.4, 0.5) is 0 Å². The predicted octanol–water partition coefficient (Wildman–Crippen LogP) is 3.82. The Morgan fingerprint density at radius 2 is 1.72 bits per heavy atom. The summed E-state index contributed by atoms with van der Waals surface area (Å²) in [6.45, 7) is 2.37. The van der Waals surface area contributed by atoms with Crippen LogP contribution < -0.4 is 5.73 Å². The minimum absolute atomic E-state index is 0.567. The van der Waals surface area contributed by atoms with E-state index >= 15 is 0 Å².